The molecule has 4 rings (SSSR count). The molecule has 0 bridgehead atoms. The number of benzene rings is 2. The minimum absolute atomic E-state index is 0.199. The normalized spacial score (nSPS) is 16.9. The fraction of sp³-hybridized carbons (Fsp3) is 0.320. The molecule has 3 amide bonds. The van der Waals surface area contributed by atoms with Crippen LogP contribution in [-0.2, 0) is 16.2 Å². The van der Waals surface area contributed by atoms with E-state index in [1.54, 1.807) is 35.2 Å². The van der Waals surface area contributed by atoms with Gasteiger partial charge in [0.25, 0.3) is 11.1 Å². The van der Waals surface area contributed by atoms with Gasteiger partial charge < -0.3 is 14.4 Å². The van der Waals surface area contributed by atoms with Crippen molar-refractivity contribution in [1.82, 2.24) is 9.80 Å². The van der Waals surface area contributed by atoms with Crippen molar-refractivity contribution in [1.29, 1.82) is 0 Å². The molecule has 0 saturated carbocycles. The number of hydrogen-bond donors (Lipinski definition) is 0. The maximum atomic E-state index is 12.9. The van der Waals surface area contributed by atoms with Gasteiger partial charge in [-0.15, -0.1) is 0 Å². The molecular formula is C25H24BrClN2O5S. The Balaban J connectivity index is 1.51. The van der Waals surface area contributed by atoms with E-state index in [1.807, 2.05) is 19.1 Å². The number of carbonyl (C=O) groups is 3. The molecule has 7 nitrogen and oxygen atoms in total. The van der Waals surface area contributed by atoms with E-state index >= 15 is 0 Å². The van der Waals surface area contributed by atoms with E-state index in [2.05, 4.69) is 15.9 Å². The Morgan fingerprint density at radius 3 is 2.54 bits per heavy atom. The third-order valence-electron chi connectivity index (χ3n) is 5.55. The minimum Gasteiger partial charge on any atom is -0.490 e. The lowest BCUT2D eigenvalue weighted by atomic mass is 10.1. The predicted molar refractivity (Wildman–Crippen MR) is 140 cm³/mol. The topological polar surface area (TPSA) is 76.2 Å². The average molecular weight is 580 g/mol. The van der Waals surface area contributed by atoms with Gasteiger partial charge in [-0.05, 0) is 88.9 Å². The number of ether oxygens (including phenoxy) is 2. The van der Waals surface area contributed by atoms with Crippen LogP contribution in [0.4, 0.5) is 4.79 Å². The van der Waals surface area contributed by atoms with Gasteiger partial charge in [-0.3, -0.25) is 19.3 Å². The summed E-state index contributed by atoms with van der Waals surface area (Å²) in [5.41, 5.74) is 1.61. The Morgan fingerprint density at radius 1 is 1.14 bits per heavy atom. The van der Waals surface area contributed by atoms with Gasteiger partial charge in [-0.2, -0.15) is 0 Å². The summed E-state index contributed by atoms with van der Waals surface area (Å²) in [6.07, 6.45) is 3.52. The van der Waals surface area contributed by atoms with E-state index in [1.165, 1.54) is 0 Å². The maximum absolute atomic E-state index is 12.9. The highest BCUT2D eigenvalue weighted by atomic mass is 79.9. The van der Waals surface area contributed by atoms with E-state index in [0.717, 1.165) is 35.1 Å². The number of halogens is 2. The third kappa shape index (κ3) is 6.20. The molecule has 184 valence electrons. The molecule has 2 heterocycles. The van der Waals surface area contributed by atoms with Gasteiger partial charge in [0.05, 0.1) is 16.0 Å². The van der Waals surface area contributed by atoms with E-state index in [-0.39, 0.29) is 17.4 Å². The highest BCUT2D eigenvalue weighted by Gasteiger charge is 2.37. The molecule has 0 N–H and O–H groups in total. The Morgan fingerprint density at radius 2 is 1.86 bits per heavy atom. The van der Waals surface area contributed by atoms with Crippen molar-refractivity contribution in [2.75, 3.05) is 26.2 Å². The van der Waals surface area contributed by atoms with Crippen LogP contribution in [0.15, 0.2) is 45.8 Å². The van der Waals surface area contributed by atoms with Gasteiger partial charge in [0.15, 0.2) is 11.5 Å². The van der Waals surface area contributed by atoms with Gasteiger partial charge in [0, 0.05) is 18.1 Å². The van der Waals surface area contributed by atoms with Crippen LogP contribution in [-0.4, -0.2) is 53.1 Å². The first-order valence-corrected chi connectivity index (χ1v) is 13.2. The lowest BCUT2D eigenvalue weighted by Crippen LogP contribution is -2.40. The molecule has 35 heavy (non-hydrogen) atoms. The summed E-state index contributed by atoms with van der Waals surface area (Å²) in [7, 11) is 0. The summed E-state index contributed by atoms with van der Waals surface area (Å²) >= 11 is 10.3. The molecule has 2 aliphatic rings. The molecule has 0 radical (unpaired) electrons. The standard InChI is InChI=1S/C25H24BrClN2O5S/c1-2-33-20-12-17(11-19(26)23(20)34-15-16-5-7-18(27)8-6-16)13-21-24(31)29(25(32)35-21)14-22(30)28-9-3-4-10-28/h5-8,11-13H,2-4,9-10,14-15H2,1H3/b21-13-. The van der Waals surface area contributed by atoms with Crippen molar-refractivity contribution >= 4 is 62.4 Å². The van der Waals surface area contributed by atoms with E-state index in [0.29, 0.717) is 52.9 Å². The van der Waals surface area contributed by atoms with Crippen LogP contribution in [0, 0.1) is 0 Å². The van der Waals surface area contributed by atoms with Gasteiger partial charge in [0.1, 0.15) is 13.2 Å². The van der Waals surface area contributed by atoms with Gasteiger partial charge in [-0.1, -0.05) is 23.7 Å². The zero-order valence-corrected chi connectivity index (χ0v) is 22.2. The first kappa shape index (κ1) is 25.6. The number of nitrogens with zero attached hydrogens (tertiary/aromatic N) is 2. The molecular weight excluding hydrogens is 556 g/mol. The Kier molecular flexibility index (Phi) is 8.41. The quantitative estimate of drug-likeness (QED) is 0.371. The minimum atomic E-state index is -0.468. The first-order valence-electron chi connectivity index (χ1n) is 11.2. The lowest BCUT2D eigenvalue weighted by Gasteiger charge is -2.18. The summed E-state index contributed by atoms with van der Waals surface area (Å²) < 4.78 is 12.4. The summed E-state index contributed by atoms with van der Waals surface area (Å²) in [6, 6.07) is 10.9. The Bertz CT molecular complexity index is 1170. The van der Waals surface area contributed by atoms with Crippen molar-refractivity contribution in [3.05, 3.63) is 61.9 Å². The van der Waals surface area contributed by atoms with Crippen LogP contribution in [0.5, 0.6) is 11.5 Å². The van der Waals surface area contributed by atoms with Crippen LogP contribution in [0.2, 0.25) is 5.02 Å². The summed E-state index contributed by atoms with van der Waals surface area (Å²) in [6.45, 7) is 3.72. The number of rotatable bonds is 8. The van der Waals surface area contributed by atoms with E-state index in [9.17, 15) is 14.4 Å². The van der Waals surface area contributed by atoms with Crippen molar-refractivity contribution < 1.29 is 23.9 Å². The molecule has 0 unspecified atom stereocenters. The Hall–Kier alpha value is -2.49. The summed E-state index contributed by atoms with van der Waals surface area (Å²) in [5.74, 6) is 0.369. The molecule has 2 fully saturated rings. The number of amides is 3. The molecule has 0 aliphatic carbocycles. The monoisotopic (exact) mass is 578 g/mol. The van der Waals surface area contributed by atoms with Crippen molar-refractivity contribution in [2.24, 2.45) is 0 Å². The van der Waals surface area contributed by atoms with Crippen molar-refractivity contribution in [3.8, 4) is 11.5 Å². The summed E-state index contributed by atoms with van der Waals surface area (Å²) in [5, 5.41) is 0.208. The number of likely N-dealkylation sites (tertiary alicyclic amines) is 1. The third-order valence-corrected chi connectivity index (χ3v) is 7.30. The van der Waals surface area contributed by atoms with Crippen molar-refractivity contribution in [2.45, 2.75) is 26.4 Å². The molecule has 10 heteroatoms. The first-order chi connectivity index (χ1) is 16.9. The molecule has 0 atom stereocenters. The highest BCUT2D eigenvalue weighted by molar-refractivity contribution is 9.10. The number of imide groups is 1. The number of carbonyl (C=O) groups excluding carboxylic acids is 3. The molecule has 2 aliphatic heterocycles. The average Bonchev–Trinajstić information content (AvgIpc) is 3.45. The number of hydrogen-bond acceptors (Lipinski definition) is 6. The van der Waals surface area contributed by atoms with E-state index < -0.39 is 11.1 Å². The largest absolute Gasteiger partial charge is 0.490 e. The predicted octanol–water partition coefficient (Wildman–Crippen LogP) is 5.74. The lowest BCUT2D eigenvalue weighted by molar-refractivity contribution is -0.135. The van der Waals surface area contributed by atoms with Crippen LogP contribution in [0.25, 0.3) is 6.08 Å². The van der Waals surface area contributed by atoms with E-state index in [4.69, 9.17) is 21.1 Å². The number of thioether (sulfide) groups is 1. The van der Waals surface area contributed by atoms with Crippen molar-refractivity contribution in [3.63, 3.8) is 0 Å². The van der Waals surface area contributed by atoms with Crippen LogP contribution < -0.4 is 9.47 Å². The molecule has 0 aromatic heterocycles. The van der Waals surface area contributed by atoms with Gasteiger partial charge in [-0.25, -0.2) is 0 Å². The fourth-order valence-electron chi connectivity index (χ4n) is 3.80. The molecule has 2 aromatic carbocycles. The van der Waals surface area contributed by atoms with Crippen LogP contribution >= 0.6 is 39.3 Å². The SMILES string of the molecule is CCOc1cc(/C=C2\SC(=O)N(CC(=O)N3CCCC3)C2=O)cc(Br)c1OCc1ccc(Cl)cc1. The van der Waals surface area contributed by atoms with Gasteiger partial charge in [0.2, 0.25) is 5.91 Å². The zero-order chi connectivity index (χ0) is 24.9. The molecule has 2 saturated heterocycles. The smallest absolute Gasteiger partial charge is 0.294 e. The zero-order valence-electron chi connectivity index (χ0n) is 19.1. The summed E-state index contributed by atoms with van der Waals surface area (Å²) in [4.78, 5) is 40.8. The molecule has 0 spiro atoms. The van der Waals surface area contributed by atoms with Gasteiger partial charge >= 0.3 is 0 Å². The second-order valence-electron chi connectivity index (χ2n) is 8.03. The molecule has 2 aromatic rings. The second kappa shape index (κ2) is 11.5. The second-order valence-corrected chi connectivity index (χ2v) is 10.3. The van der Waals surface area contributed by atoms with Crippen LogP contribution in [0.3, 0.4) is 0 Å². The Labute approximate surface area is 221 Å². The fourth-order valence-corrected chi connectivity index (χ4v) is 5.34. The van der Waals surface area contributed by atoms with Crippen LogP contribution in [0.1, 0.15) is 30.9 Å². The highest BCUT2D eigenvalue weighted by Crippen LogP contribution is 2.39. The maximum Gasteiger partial charge on any atom is 0.294 e.